The van der Waals surface area contributed by atoms with Gasteiger partial charge in [0, 0.05) is 26.3 Å². The summed E-state index contributed by atoms with van der Waals surface area (Å²) in [5.41, 5.74) is 3.22. The van der Waals surface area contributed by atoms with Crippen molar-refractivity contribution in [2.45, 2.75) is 0 Å². The van der Waals surface area contributed by atoms with E-state index in [-0.39, 0.29) is 5.91 Å². The van der Waals surface area contributed by atoms with Crippen LogP contribution in [0, 0.1) is 0 Å². The number of hydrazine groups is 1. The third-order valence-corrected chi connectivity index (χ3v) is 2.22. The second kappa shape index (κ2) is 4.41. The maximum atomic E-state index is 11.7. The van der Waals surface area contributed by atoms with Crippen LogP contribution in [-0.4, -0.2) is 47.0 Å². The molecule has 1 aromatic heterocycles. The number of aryl methyl sites for hydroxylation is 1. The molecule has 1 aliphatic rings. The fraction of sp³-hybridized carbons (Fsp3) is 0.556. The summed E-state index contributed by atoms with van der Waals surface area (Å²) in [5.74, 6) is -0.169. The third kappa shape index (κ3) is 2.54. The molecule has 1 saturated heterocycles. The van der Waals surface area contributed by atoms with Crippen molar-refractivity contribution in [3.63, 3.8) is 0 Å². The summed E-state index contributed by atoms with van der Waals surface area (Å²) in [4.78, 5) is 11.7. The smallest absolute Gasteiger partial charge is 0.286 e. The first-order valence-corrected chi connectivity index (χ1v) is 4.89. The van der Waals surface area contributed by atoms with Crippen LogP contribution in [0.2, 0.25) is 0 Å². The first kappa shape index (κ1) is 10.1. The molecule has 0 bridgehead atoms. The van der Waals surface area contributed by atoms with Crippen LogP contribution in [0.5, 0.6) is 0 Å². The Hall–Kier alpha value is -1.40. The zero-order chi connectivity index (χ0) is 10.7. The molecule has 0 atom stereocenters. The molecule has 1 amide bonds. The van der Waals surface area contributed by atoms with Crippen LogP contribution in [0.1, 0.15) is 10.5 Å². The van der Waals surface area contributed by atoms with Gasteiger partial charge in [-0.15, -0.1) is 0 Å². The number of nitrogens with one attached hydrogen (secondary N) is 1. The average molecular weight is 210 g/mol. The predicted octanol–water partition coefficient (Wildman–Crippen LogP) is -0.603. The molecule has 0 aromatic carbocycles. The molecular formula is C9H14N4O2. The summed E-state index contributed by atoms with van der Waals surface area (Å²) >= 11 is 0. The summed E-state index contributed by atoms with van der Waals surface area (Å²) < 4.78 is 6.78. The quantitative estimate of drug-likeness (QED) is 0.708. The van der Waals surface area contributed by atoms with E-state index < -0.39 is 0 Å². The summed E-state index contributed by atoms with van der Waals surface area (Å²) in [7, 11) is 1.78. The van der Waals surface area contributed by atoms with Crippen molar-refractivity contribution in [1.29, 1.82) is 0 Å². The molecule has 2 rings (SSSR count). The minimum absolute atomic E-state index is 0.169. The van der Waals surface area contributed by atoms with E-state index >= 15 is 0 Å². The fourth-order valence-corrected chi connectivity index (χ4v) is 1.41. The number of hydrogen-bond donors (Lipinski definition) is 1. The van der Waals surface area contributed by atoms with Gasteiger partial charge in [-0.05, 0) is 6.07 Å². The Labute approximate surface area is 87.8 Å². The van der Waals surface area contributed by atoms with E-state index in [0.717, 1.165) is 13.1 Å². The zero-order valence-electron chi connectivity index (χ0n) is 8.64. The van der Waals surface area contributed by atoms with Crippen LogP contribution < -0.4 is 5.43 Å². The standard InChI is InChI=1S/C9H14N4O2/c1-12-3-2-8(10-12)9(14)11-13-4-6-15-7-5-13/h2-3H,4-7H2,1H3,(H,11,14). The highest BCUT2D eigenvalue weighted by atomic mass is 16.5. The second-order valence-corrected chi connectivity index (χ2v) is 3.41. The van der Waals surface area contributed by atoms with E-state index in [4.69, 9.17) is 4.74 Å². The van der Waals surface area contributed by atoms with E-state index in [0.29, 0.717) is 18.9 Å². The number of ether oxygens (including phenoxy) is 1. The number of nitrogens with zero attached hydrogens (tertiary/aromatic N) is 3. The lowest BCUT2D eigenvalue weighted by molar-refractivity contribution is 0.0124. The van der Waals surface area contributed by atoms with Crippen molar-refractivity contribution in [3.8, 4) is 0 Å². The first-order chi connectivity index (χ1) is 7.25. The van der Waals surface area contributed by atoms with Gasteiger partial charge in [-0.25, -0.2) is 5.01 Å². The molecule has 0 radical (unpaired) electrons. The molecule has 1 aromatic rings. The van der Waals surface area contributed by atoms with Crippen molar-refractivity contribution < 1.29 is 9.53 Å². The fourth-order valence-electron chi connectivity index (χ4n) is 1.41. The number of aromatic nitrogens is 2. The number of rotatable bonds is 2. The van der Waals surface area contributed by atoms with E-state index in [1.807, 2.05) is 5.01 Å². The van der Waals surface area contributed by atoms with Crippen LogP contribution in [-0.2, 0) is 11.8 Å². The van der Waals surface area contributed by atoms with E-state index in [2.05, 4.69) is 10.5 Å². The van der Waals surface area contributed by atoms with Crippen LogP contribution in [0.3, 0.4) is 0 Å². The van der Waals surface area contributed by atoms with Crippen molar-refractivity contribution in [2.24, 2.45) is 7.05 Å². The maximum absolute atomic E-state index is 11.7. The highest BCUT2D eigenvalue weighted by Gasteiger charge is 2.15. The molecule has 0 aliphatic carbocycles. The zero-order valence-corrected chi connectivity index (χ0v) is 8.64. The Morgan fingerprint density at radius 1 is 1.53 bits per heavy atom. The van der Waals surface area contributed by atoms with Gasteiger partial charge >= 0.3 is 0 Å². The Balaban J connectivity index is 1.91. The SMILES string of the molecule is Cn1ccc(C(=O)NN2CCOCC2)n1. The van der Waals surface area contributed by atoms with Crippen molar-refractivity contribution >= 4 is 5.91 Å². The number of amides is 1. The van der Waals surface area contributed by atoms with Gasteiger partial charge in [0.05, 0.1) is 13.2 Å². The molecule has 6 heteroatoms. The lowest BCUT2D eigenvalue weighted by atomic mass is 10.4. The molecule has 82 valence electrons. The minimum atomic E-state index is -0.169. The highest BCUT2D eigenvalue weighted by molar-refractivity contribution is 5.91. The van der Waals surface area contributed by atoms with Gasteiger partial charge in [0.1, 0.15) is 0 Å². The van der Waals surface area contributed by atoms with E-state index in [9.17, 15) is 4.79 Å². The van der Waals surface area contributed by atoms with Crippen molar-refractivity contribution in [2.75, 3.05) is 26.3 Å². The third-order valence-electron chi connectivity index (χ3n) is 2.22. The predicted molar refractivity (Wildman–Crippen MR) is 53.1 cm³/mol. The second-order valence-electron chi connectivity index (χ2n) is 3.41. The van der Waals surface area contributed by atoms with Gasteiger partial charge in [0.25, 0.3) is 5.91 Å². The Morgan fingerprint density at radius 2 is 2.27 bits per heavy atom. The summed E-state index contributed by atoms with van der Waals surface area (Å²) in [6, 6.07) is 1.69. The maximum Gasteiger partial charge on any atom is 0.286 e. The van der Waals surface area contributed by atoms with Crippen LogP contribution >= 0.6 is 0 Å². The topological polar surface area (TPSA) is 59.4 Å². The average Bonchev–Trinajstić information content (AvgIpc) is 2.66. The van der Waals surface area contributed by atoms with E-state index in [1.54, 1.807) is 24.0 Å². The lowest BCUT2D eigenvalue weighted by Gasteiger charge is -2.26. The Kier molecular flexibility index (Phi) is 2.98. The molecule has 1 aliphatic heterocycles. The molecule has 2 heterocycles. The monoisotopic (exact) mass is 210 g/mol. The van der Waals surface area contributed by atoms with Crippen molar-refractivity contribution in [3.05, 3.63) is 18.0 Å². The summed E-state index contributed by atoms with van der Waals surface area (Å²) in [5, 5.41) is 5.87. The molecular weight excluding hydrogens is 196 g/mol. The van der Waals surface area contributed by atoms with Gasteiger partial charge < -0.3 is 4.74 Å². The van der Waals surface area contributed by atoms with Gasteiger partial charge in [0.15, 0.2) is 5.69 Å². The molecule has 6 nitrogen and oxygen atoms in total. The van der Waals surface area contributed by atoms with Crippen LogP contribution in [0.25, 0.3) is 0 Å². The number of morpholine rings is 1. The number of carbonyl (C=O) groups is 1. The molecule has 0 spiro atoms. The van der Waals surface area contributed by atoms with Gasteiger partial charge in [-0.1, -0.05) is 0 Å². The Bertz CT molecular complexity index is 344. The Morgan fingerprint density at radius 3 is 2.87 bits per heavy atom. The summed E-state index contributed by atoms with van der Waals surface area (Å²) in [6.45, 7) is 2.75. The summed E-state index contributed by atoms with van der Waals surface area (Å²) in [6.07, 6.45) is 1.74. The number of hydrogen-bond acceptors (Lipinski definition) is 4. The minimum Gasteiger partial charge on any atom is -0.379 e. The van der Waals surface area contributed by atoms with Crippen molar-refractivity contribution in [1.82, 2.24) is 20.2 Å². The normalized spacial score (nSPS) is 17.7. The molecule has 15 heavy (non-hydrogen) atoms. The highest BCUT2D eigenvalue weighted by Crippen LogP contribution is 1.97. The van der Waals surface area contributed by atoms with Crippen LogP contribution in [0.15, 0.2) is 12.3 Å². The lowest BCUT2D eigenvalue weighted by Crippen LogP contribution is -2.48. The van der Waals surface area contributed by atoms with Gasteiger partial charge in [0.2, 0.25) is 0 Å². The molecule has 1 N–H and O–H groups in total. The van der Waals surface area contributed by atoms with Crippen LogP contribution in [0.4, 0.5) is 0 Å². The molecule has 0 unspecified atom stereocenters. The first-order valence-electron chi connectivity index (χ1n) is 4.89. The van der Waals surface area contributed by atoms with Gasteiger partial charge in [-0.2, -0.15) is 5.10 Å². The largest absolute Gasteiger partial charge is 0.379 e. The number of carbonyl (C=O) groups excluding carboxylic acids is 1. The van der Waals surface area contributed by atoms with Gasteiger partial charge in [-0.3, -0.25) is 14.9 Å². The van der Waals surface area contributed by atoms with E-state index in [1.165, 1.54) is 0 Å². The molecule has 1 fully saturated rings. The molecule has 0 saturated carbocycles.